The maximum absolute atomic E-state index is 6.24. The molecule has 0 bridgehead atoms. The number of nitrogens with zero attached hydrogens (tertiary/aromatic N) is 2. The average Bonchev–Trinajstić information content (AvgIpc) is 2.79. The second kappa shape index (κ2) is 6.22. The predicted molar refractivity (Wildman–Crippen MR) is 79.6 cm³/mol. The van der Waals surface area contributed by atoms with Crippen molar-refractivity contribution in [3.8, 4) is 0 Å². The van der Waals surface area contributed by atoms with Crippen LogP contribution in [0.2, 0.25) is 5.02 Å². The fourth-order valence-corrected chi connectivity index (χ4v) is 2.55. The van der Waals surface area contributed by atoms with E-state index in [2.05, 4.69) is 29.5 Å². The average molecular weight is 278 g/mol. The molecule has 0 aliphatic heterocycles. The lowest BCUT2D eigenvalue weighted by Gasteiger charge is -2.18. The zero-order chi connectivity index (χ0) is 13.8. The molecule has 1 heterocycles. The standard InChI is InChI=1S/C15H20ClN3/c1-4-19-15(9-11(2)18-19)14(17-3)10-12-7-5-6-8-13(12)16/h5-9,14,17H,4,10H2,1-3H3. The predicted octanol–water partition coefficient (Wildman–Crippen LogP) is 3.37. The molecular formula is C15H20ClN3. The van der Waals surface area contributed by atoms with Crippen LogP contribution in [0, 0.1) is 6.92 Å². The van der Waals surface area contributed by atoms with Crippen molar-refractivity contribution < 1.29 is 0 Å². The van der Waals surface area contributed by atoms with Crippen LogP contribution in [0.1, 0.15) is 29.9 Å². The van der Waals surface area contributed by atoms with Gasteiger partial charge in [0.05, 0.1) is 17.4 Å². The Morgan fingerprint density at radius 3 is 2.74 bits per heavy atom. The first-order valence-electron chi connectivity index (χ1n) is 6.60. The molecule has 4 heteroatoms. The van der Waals surface area contributed by atoms with Gasteiger partial charge in [-0.15, -0.1) is 0 Å². The van der Waals surface area contributed by atoms with Gasteiger partial charge in [-0.3, -0.25) is 4.68 Å². The first kappa shape index (κ1) is 14.1. The molecule has 3 nitrogen and oxygen atoms in total. The van der Waals surface area contributed by atoms with Crippen LogP contribution >= 0.6 is 11.6 Å². The van der Waals surface area contributed by atoms with Crippen LogP contribution in [-0.2, 0) is 13.0 Å². The minimum absolute atomic E-state index is 0.223. The molecule has 0 fully saturated rings. The molecule has 0 saturated carbocycles. The van der Waals surface area contributed by atoms with E-state index in [-0.39, 0.29) is 6.04 Å². The van der Waals surface area contributed by atoms with Gasteiger partial charge in [0.25, 0.3) is 0 Å². The molecule has 2 aromatic rings. The van der Waals surface area contributed by atoms with Gasteiger partial charge in [-0.05, 0) is 45.0 Å². The van der Waals surface area contributed by atoms with Gasteiger partial charge in [-0.2, -0.15) is 5.10 Å². The molecule has 1 atom stereocenters. The Bertz CT molecular complexity index is 548. The first-order valence-corrected chi connectivity index (χ1v) is 6.98. The summed E-state index contributed by atoms with van der Waals surface area (Å²) in [5.74, 6) is 0. The molecule has 1 aromatic carbocycles. The monoisotopic (exact) mass is 277 g/mol. The van der Waals surface area contributed by atoms with Crippen molar-refractivity contribution in [2.24, 2.45) is 0 Å². The van der Waals surface area contributed by atoms with Gasteiger partial charge >= 0.3 is 0 Å². The normalized spacial score (nSPS) is 12.6. The van der Waals surface area contributed by atoms with Gasteiger partial charge < -0.3 is 5.32 Å². The van der Waals surface area contributed by atoms with E-state index in [1.807, 2.05) is 36.9 Å². The van der Waals surface area contributed by atoms with Gasteiger partial charge in [0.15, 0.2) is 0 Å². The number of benzene rings is 1. The summed E-state index contributed by atoms with van der Waals surface area (Å²) in [6, 6.07) is 10.4. The van der Waals surface area contributed by atoms with Gasteiger partial charge in [0.1, 0.15) is 0 Å². The van der Waals surface area contributed by atoms with Crippen LogP contribution in [-0.4, -0.2) is 16.8 Å². The molecular weight excluding hydrogens is 258 g/mol. The van der Waals surface area contributed by atoms with Gasteiger partial charge in [-0.1, -0.05) is 29.8 Å². The highest BCUT2D eigenvalue weighted by atomic mass is 35.5. The highest BCUT2D eigenvalue weighted by molar-refractivity contribution is 6.31. The Labute approximate surface area is 119 Å². The Balaban J connectivity index is 2.27. The zero-order valence-electron chi connectivity index (χ0n) is 11.7. The zero-order valence-corrected chi connectivity index (χ0v) is 12.4. The van der Waals surface area contributed by atoms with Crippen LogP contribution < -0.4 is 5.32 Å². The van der Waals surface area contributed by atoms with Crippen LogP contribution in [0.3, 0.4) is 0 Å². The topological polar surface area (TPSA) is 29.9 Å². The van der Waals surface area contributed by atoms with E-state index >= 15 is 0 Å². The van der Waals surface area contributed by atoms with E-state index in [0.717, 1.165) is 29.2 Å². The first-order chi connectivity index (χ1) is 9.15. The molecule has 0 aliphatic rings. The number of hydrogen-bond donors (Lipinski definition) is 1. The SMILES string of the molecule is CCn1nc(C)cc1C(Cc1ccccc1Cl)NC. The molecule has 102 valence electrons. The Morgan fingerprint density at radius 1 is 1.37 bits per heavy atom. The second-order valence-electron chi connectivity index (χ2n) is 4.66. The summed E-state index contributed by atoms with van der Waals surface area (Å²) in [5.41, 5.74) is 3.42. The molecule has 1 unspecified atom stereocenters. The lowest BCUT2D eigenvalue weighted by molar-refractivity contribution is 0.512. The van der Waals surface area contributed by atoms with E-state index in [9.17, 15) is 0 Å². The number of hydrogen-bond acceptors (Lipinski definition) is 2. The highest BCUT2D eigenvalue weighted by Gasteiger charge is 2.16. The smallest absolute Gasteiger partial charge is 0.0597 e. The fourth-order valence-electron chi connectivity index (χ4n) is 2.34. The molecule has 0 amide bonds. The molecule has 0 aliphatic carbocycles. The molecule has 0 spiro atoms. The van der Waals surface area contributed by atoms with Crippen molar-refractivity contribution in [3.05, 3.63) is 52.3 Å². The van der Waals surface area contributed by atoms with Crippen molar-refractivity contribution in [2.45, 2.75) is 32.9 Å². The minimum Gasteiger partial charge on any atom is -0.311 e. The Hall–Kier alpha value is -1.32. The molecule has 1 N–H and O–H groups in total. The Kier molecular flexibility index (Phi) is 4.61. The van der Waals surface area contributed by atoms with Gasteiger partial charge in [0, 0.05) is 11.6 Å². The summed E-state index contributed by atoms with van der Waals surface area (Å²) in [6.45, 7) is 5.01. The van der Waals surface area contributed by atoms with Crippen LogP contribution in [0.15, 0.2) is 30.3 Å². The van der Waals surface area contributed by atoms with E-state index in [1.54, 1.807) is 0 Å². The van der Waals surface area contributed by atoms with Crippen LogP contribution in [0.4, 0.5) is 0 Å². The lowest BCUT2D eigenvalue weighted by Crippen LogP contribution is -2.22. The van der Waals surface area contributed by atoms with E-state index < -0.39 is 0 Å². The van der Waals surface area contributed by atoms with Crippen LogP contribution in [0.25, 0.3) is 0 Å². The number of aryl methyl sites for hydroxylation is 2. The molecule has 1 aromatic heterocycles. The number of nitrogens with one attached hydrogen (secondary N) is 1. The molecule has 0 radical (unpaired) electrons. The summed E-state index contributed by atoms with van der Waals surface area (Å²) in [7, 11) is 1.98. The third-order valence-electron chi connectivity index (χ3n) is 3.32. The summed E-state index contributed by atoms with van der Waals surface area (Å²) >= 11 is 6.24. The lowest BCUT2D eigenvalue weighted by atomic mass is 10.0. The summed E-state index contributed by atoms with van der Waals surface area (Å²) in [4.78, 5) is 0. The van der Waals surface area contributed by atoms with E-state index in [0.29, 0.717) is 0 Å². The van der Waals surface area contributed by atoms with Crippen molar-refractivity contribution in [3.63, 3.8) is 0 Å². The van der Waals surface area contributed by atoms with Crippen molar-refractivity contribution in [1.29, 1.82) is 0 Å². The van der Waals surface area contributed by atoms with E-state index in [1.165, 1.54) is 5.69 Å². The quantitative estimate of drug-likeness (QED) is 0.908. The van der Waals surface area contributed by atoms with Gasteiger partial charge in [-0.25, -0.2) is 0 Å². The largest absolute Gasteiger partial charge is 0.311 e. The van der Waals surface area contributed by atoms with Gasteiger partial charge in [0.2, 0.25) is 0 Å². The number of rotatable bonds is 5. The summed E-state index contributed by atoms with van der Waals surface area (Å²) in [5, 5.41) is 8.69. The number of likely N-dealkylation sites (N-methyl/N-ethyl adjacent to an activating group) is 1. The molecule has 19 heavy (non-hydrogen) atoms. The third-order valence-corrected chi connectivity index (χ3v) is 3.69. The maximum atomic E-state index is 6.24. The second-order valence-corrected chi connectivity index (χ2v) is 5.07. The molecule has 2 rings (SSSR count). The minimum atomic E-state index is 0.223. The third kappa shape index (κ3) is 3.17. The molecule has 0 saturated heterocycles. The van der Waals surface area contributed by atoms with Crippen molar-refractivity contribution in [2.75, 3.05) is 7.05 Å². The van der Waals surface area contributed by atoms with Crippen molar-refractivity contribution in [1.82, 2.24) is 15.1 Å². The number of aromatic nitrogens is 2. The number of halogens is 1. The van der Waals surface area contributed by atoms with E-state index in [4.69, 9.17) is 11.6 Å². The summed E-state index contributed by atoms with van der Waals surface area (Å²) < 4.78 is 2.05. The van der Waals surface area contributed by atoms with Crippen molar-refractivity contribution >= 4 is 11.6 Å². The maximum Gasteiger partial charge on any atom is 0.0597 e. The fraction of sp³-hybridized carbons (Fsp3) is 0.400. The highest BCUT2D eigenvalue weighted by Crippen LogP contribution is 2.23. The van der Waals surface area contributed by atoms with Crippen LogP contribution in [0.5, 0.6) is 0 Å². The Morgan fingerprint density at radius 2 is 2.11 bits per heavy atom. The summed E-state index contributed by atoms with van der Waals surface area (Å²) in [6.07, 6.45) is 0.862.